The monoisotopic (exact) mass is 496 g/mol. The second-order valence-electron chi connectivity index (χ2n) is 8.84. The van der Waals surface area contributed by atoms with Gasteiger partial charge < -0.3 is 5.32 Å². The molecule has 0 saturated carbocycles. The zero-order valence-electron chi connectivity index (χ0n) is 19.4. The van der Waals surface area contributed by atoms with Crippen molar-refractivity contribution in [3.63, 3.8) is 0 Å². The number of carbonyl (C=O) groups is 1. The first-order valence-electron chi connectivity index (χ1n) is 11.5. The predicted octanol–water partition coefficient (Wildman–Crippen LogP) is 5.68. The molecule has 0 spiro atoms. The topological polar surface area (TPSA) is 66.5 Å². The molecule has 0 aromatic heterocycles. The number of nitrogens with one attached hydrogen (secondary N) is 1. The van der Waals surface area contributed by atoms with Crippen LogP contribution in [0.1, 0.15) is 58.4 Å². The number of rotatable bonds is 7. The first kappa shape index (κ1) is 24.3. The molecule has 7 heteroatoms. The summed E-state index contributed by atoms with van der Waals surface area (Å²) in [5, 5.41) is 3.56. The van der Waals surface area contributed by atoms with Crippen LogP contribution in [0, 0.1) is 0 Å². The molecule has 0 saturated heterocycles. The van der Waals surface area contributed by atoms with Gasteiger partial charge in [0.15, 0.2) is 0 Å². The molecule has 5 nitrogen and oxygen atoms in total. The zero-order valence-corrected chi connectivity index (χ0v) is 21.0. The number of carbonyl (C=O) groups excluding carboxylic acids is 1. The van der Waals surface area contributed by atoms with Crippen molar-refractivity contribution < 1.29 is 13.2 Å². The molecule has 1 atom stereocenters. The Hall–Kier alpha value is -2.83. The molecular weight excluding hydrogens is 468 g/mol. The van der Waals surface area contributed by atoms with Gasteiger partial charge in [-0.05, 0) is 85.2 Å². The molecule has 1 aliphatic carbocycles. The van der Waals surface area contributed by atoms with E-state index in [1.807, 2.05) is 13.0 Å². The van der Waals surface area contributed by atoms with E-state index in [4.69, 9.17) is 11.6 Å². The maximum atomic E-state index is 12.9. The van der Waals surface area contributed by atoms with Crippen molar-refractivity contribution in [1.82, 2.24) is 5.32 Å². The number of aryl methyl sites for hydroxylation is 2. The molecule has 3 aromatic rings. The Morgan fingerprint density at radius 3 is 2.35 bits per heavy atom. The highest BCUT2D eigenvalue weighted by Crippen LogP contribution is 2.26. The predicted molar refractivity (Wildman–Crippen MR) is 138 cm³/mol. The van der Waals surface area contributed by atoms with E-state index in [-0.39, 0.29) is 18.5 Å². The lowest BCUT2D eigenvalue weighted by molar-refractivity contribution is 0.0940. The zero-order chi connectivity index (χ0) is 24.3. The average Bonchev–Trinajstić information content (AvgIpc) is 2.82. The third-order valence-electron chi connectivity index (χ3n) is 6.31. The summed E-state index contributed by atoms with van der Waals surface area (Å²) in [6.45, 7) is 2.09. The Balaban J connectivity index is 1.48. The lowest BCUT2D eigenvalue weighted by atomic mass is 9.89. The highest BCUT2D eigenvalue weighted by Gasteiger charge is 2.20. The van der Waals surface area contributed by atoms with Crippen LogP contribution in [0.5, 0.6) is 0 Å². The van der Waals surface area contributed by atoms with Gasteiger partial charge >= 0.3 is 0 Å². The van der Waals surface area contributed by atoms with Gasteiger partial charge in [0.2, 0.25) is 10.0 Å². The molecule has 1 N–H and O–H groups in total. The number of fused-ring (bicyclic) bond motifs is 1. The van der Waals surface area contributed by atoms with E-state index in [0.717, 1.165) is 24.7 Å². The van der Waals surface area contributed by atoms with Crippen LogP contribution >= 0.6 is 11.6 Å². The van der Waals surface area contributed by atoms with Crippen molar-refractivity contribution in [1.29, 1.82) is 0 Å². The fraction of sp³-hybridized carbons (Fsp3) is 0.296. The summed E-state index contributed by atoms with van der Waals surface area (Å²) in [5.41, 5.74) is 5.54. The first-order valence-corrected chi connectivity index (χ1v) is 13.7. The van der Waals surface area contributed by atoms with Crippen molar-refractivity contribution in [2.45, 2.75) is 45.2 Å². The number of benzene rings is 3. The number of nitrogens with zero attached hydrogens (tertiary/aromatic N) is 1. The van der Waals surface area contributed by atoms with Crippen LogP contribution in [0.3, 0.4) is 0 Å². The first-order chi connectivity index (χ1) is 16.2. The fourth-order valence-electron chi connectivity index (χ4n) is 4.35. The molecule has 0 radical (unpaired) electrons. The van der Waals surface area contributed by atoms with E-state index in [1.165, 1.54) is 28.3 Å². The molecule has 1 unspecified atom stereocenters. The van der Waals surface area contributed by atoms with Crippen molar-refractivity contribution in [3.8, 4) is 0 Å². The van der Waals surface area contributed by atoms with Crippen LogP contribution in [0.15, 0.2) is 66.7 Å². The van der Waals surface area contributed by atoms with E-state index >= 15 is 0 Å². The lowest BCUT2D eigenvalue weighted by Gasteiger charge is -2.23. The summed E-state index contributed by atoms with van der Waals surface area (Å²) >= 11 is 6.24. The maximum Gasteiger partial charge on any atom is 0.251 e. The number of anilines is 1. The Bertz CT molecular complexity index is 1290. The van der Waals surface area contributed by atoms with Gasteiger partial charge in [0.05, 0.1) is 24.5 Å². The number of sulfonamides is 1. The highest BCUT2D eigenvalue weighted by atomic mass is 35.5. The molecule has 178 valence electrons. The van der Waals surface area contributed by atoms with Crippen LogP contribution in [0.25, 0.3) is 0 Å². The molecule has 1 amide bonds. The second kappa shape index (κ2) is 10.2. The minimum Gasteiger partial charge on any atom is -0.346 e. The molecule has 0 fully saturated rings. The van der Waals surface area contributed by atoms with Crippen LogP contribution in [0.2, 0.25) is 5.02 Å². The lowest BCUT2D eigenvalue weighted by Crippen LogP contribution is -2.30. The van der Waals surface area contributed by atoms with Crippen molar-refractivity contribution in [3.05, 3.63) is 99.6 Å². The fourth-order valence-corrected chi connectivity index (χ4v) is 5.42. The largest absolute Gasteiger partial charge is 0.346 e. The van der Waals surface area contributed by atoms with Gasteiger partial charge in [-0.15, -0.1) is 0 Å². The van der Waals surface area contributed by atoms with Gasteiger partial charge in [0.25, 0.3) is 5.91 Å². The summed E-state index contributed by atoms with van der Waals surface area (Å²) in [6, 6.07) is 20.1. The van der Waals surface area contributed by atoms with Crippen LogP contribution in [0.4, 0.5) is 5.69 Å². The quantitative estimate of drug-likeness (QED) is 0.458. The number of hydrogen-bond acceptors (Lipinski definition) is 3. The summed E-state index contributed by atoms with van der Waals surface area (Å²) in [5.74, 6) is -0.200. The SMILES string of the molecule is CC(NC(=O)c1ccc(N(Cc2ccccc2Cl)S(C)(=O)=O)cc1)c1ccc2c(c1)CCCC2. The summed E-state index contributed by atoms with van der Waals surface area (Å²) in [4.78, 5) is 12.9. The molecule has 34 heavy (non-hydrogen) atoms. The smallest absolute Gasteiger partial charge is 0.251 e. The highest BCUT2D eigenvalue weighted by molar-refractivity contribution is 7.92. The number of hydrogen-bond donors (Lipinski definition) is 1. The standard InChI is InChI=1S/C27H29ClN2O3S/c1-19(22-12-11-20-7-3-4-8-23(20)17-22)29-27(31)21-13-15-25(16-14-21)30(34(2,32)33)18-24-9-5-6-10-26(24)28/h5-6,9-17,19H,3-4,7-8,18H2,1-2H3,(H,29,31). The summed E-state index contributed by atoms with van der Waals surface area (Å²) in [6.07, 6.45) is 5.83. The van der Waals surface area contributed by atoms with Gasteiger partial charge in [0, 0.05) is 10.6 Å². The Morgan fingerprint density at radius 2 is 1.68 bits per heavy atom. The number of amides is 1. The van der Waals surface area contributed by atoms with E-state index in [9.17, 15) is 13.2 Å². The van der Waals surface area contributed by atoms with E-state index < -0.39 is 10.0 Å². The van der Waals surface area contributed by atoms with Crippen molar-refractivity contribution in [2.24, 2.45) is 0 Å². The van der Waals surface area contributed by atoms with Gasteiger partial charge in [-0.2, -0.15) is 0 Å². The van der Waals surface area contributed by atoms with E-state index in [1.54, 1.807) is 42.5 Å². The van der Waals surface area contributed by atoms with Crippen molar-refractivity contribution >= 4 is 33.2 Å². The summed E-state index contributed by atoms with van der Waals surface area (Å²) < 4.78 is 26.2. The average molecular weight is 497 g/mol. The normalized spacial score (nSPS) is 14.2. The summed E-state index contributed by atoms with van der Waals surface area (Å²) in [7, 11) is -3.55. The Kier molecular flexibility index (Phi) is 7.29. The molecule has 0 bridgehead atoms. The number of halogens is 1. The van der Waals surface area contributed by atoms with E-state index in [2.05, 4.69) is 23.5 Å². The molecule has 0 heterocycles. The minimum atomic E-state index is -3.55. The van der Waals surface area contributed by atoms with Gasteiger partial charge in [-0.3, -0.25) is 9.10 Å². The second-order valence-corrected chi connectivity index (χ2v) is 11.2. The van der Waals surface area contributed by atoms with Crippen LogP contribution < -0.4 is 9.62 Å². The maximum absolute atomic E-state index is 12.9. The van der Waals surface area contributed by atoms with Crippen LogP contribution in [-0.2, 0) is 29.4 Å². The van der Waals surface area contributed by atoms with Gasteiger partial charge in [-0.25, -0.2) is 8.42 Å². The third kappa shape index (κ3) is 5.62. The minimum absolute atomic E-state index is 0.111. The van der Waals surface area contributed by atoms with Gasteiger partial charge in [-0.1, -0.05) is 48.0 Å². The molecule has 1 aliphatic rings. The van der Waals surface area contributed by atoms with Crippen LogP contribution in [-0.4, -0.2) is 20.6 Å². The molecule has 0 aliphatic heterocycles. The molecule has 3 aromatic carbocycles. The van der Waals surface area contributed by atoms with Gasteiger partial charge in [0.1, 0.15) is 0 Å². The molecular formula is C27H29ClN2O3S. The Morgan fingerprint density at radius 1 is 1.00 bits per heavy atom. The third-order valence-corrected chi connectivity index (χ3v) is 7.82. The Labute approximate surface area is 206 Å². The molecule has 4 rings (SSSR count). The van der Waals surface area contributed by atoms with Crippen molar-refractivity contribution in [2.75, 3.05) is 10.6 Å². The van der Waals surface area contributed by atoms with E-state index in [0.29, 0.717) is 21.8 Å².